The van der Waals surface area contributed by atoms with Crippen LogP contribution in [0.15, 0.2) is 0 Å². The molecule has 1 fully saturated rings. The third-order valence-corrected chi connectivity index (χ3v) is 2.63. The van der Waals surface area contributed by atoms with Crippen LogP contribution in [0.1, 0.15) is 20.3 Å². The van der Waals surface area contributed by atoms with Crippen LogP contribution in [0, 0.1) is 5.92 Å². The smallest absolute Gasteiger partial charge is 0.239 e. The van der Waals surface area contributed by atoms with Gasteiger partial charge in [0.25, 0.3) is 0 Å². The molecule has 1 aliphatic rings. The summed E-state index contributed by atoms with van der Waals surface area (Å²) in [5, 5.41) is 2.77. The van der Waals surface area contributed by atoms with E-state index >= 15 is 0 Å². The molecule has 3 N–H and O–H groups in total. The lowest BCUT2D eigenvalue weighted by atomic mass is 10.1. The molecule has 1 rings (SSSR count). The van der Waals surface area contributed by atoms with Crippen LogP contribution in [0.3, 0.4) is 0 Å². The van der Waals surface area contributed by atoms with Gasteiger partial charge in [-0.15, -0.1) is 0 Å². The van der Waals surface area contributed by atoms with E-state index in [0.717, 1.165) is 13.0 Å². The fourth-order valence-electron chi connectivity index (χ4n) is 1.78. The predicted molar refractivity (Wildman–Crippen MR) is 57.0 cm³/mol. The molecule has 2 atom stereocenters. The SMILES string of the molecule is CC(=O)NCC1CCN(C(=O)C(C)N)C1. The summed E-state index contributed by atoms with van der Waals surface area (Å²) in [6.07, 6.45) is 0.943. The maximum absolute atomic E-state index is 11.5. The van der Waals surface area contributed by atoms with Crippen molar-refractivity contribution in [2.24, 2.45) is 11.7 Å². The Morgan fingerprint density at radius 3 is 2.80 bits per heavy atom. The highest BCUT2D eigenvalue weighted by Gasteiger charge is 2.27. The first-order valence-electron chi connectivity index (χ1n) is 5.29. The van der Waals surface area contributed by atoms with Crippen LogP contribution < -0.4 is 11.1 Å². The molecule has 0 saturated carbocycles. The molecule has 86 valence electrons. The van der Waals surface area contributed by atoms with Crippen molar-refractivity contribution in [3.05, 3.63) is 0 Å². The quantitative estimate of drug-likeness (QED) is 0.652. The Morgan fingerprint density at radius 2 is 2.27 bits per heavy atom. The van der Waals surface area contributed by atoms with Crippen LogP contribution in [-0.2, 0) is 9.59 Å². The van der Waals surface area contributed by atoms with Crippen LogP contribution in [0.4, 0.5) is 0 Å². The Hall–Kier alpha value is -1.10. The highest BCUT2D eigenvalue weighted by atomic mass is 16.2. The first kappa shape index (κ1) is 12.0. The number of amides is 2. The minimum atomic E-state index is -0.426. The molecular formula is C10H19N3O2. The lowest BCUT2D eigenvalue weighted by Crippen LogP contribution is -2.41. The van der Waals surface area contributed by atoms with Crippen molar-refractivity contribution in [1.29, 1.82) is 0 Å². The van der Waals surface area contributed by atoms with Gasteiger partial charge in [0.05, 0.1) is 6.04 Å². The minimum absolute atomic E-state index is 0.000301. The van der Waals surface area contributed by atoms with E-state index in [4.69, 9.17) is 5.73 Å². The van der Waals surface area contributed by atoms with E-state index in [1.807, 2.05) is 0 Å². The number of nitrogens with zero attached hydrogens (tertiary/aromatic N) is 1. The Labute approximate surface area is 90.0 Å². The highest BCUT2D eigenvalue weighted by Crippen LogP contribution is 2.15. The summed E-state index contributed by atoms with van der Waals surface area (Å²) in [5.41, 5.74) is 5.52. The first-order valence-corrected chi connectivity index (χ1v) is 5.29. The van der Waals surface area contributed by atoms with Gasteiger partial charge < -0.3 is 16.0 Å². The van der Waals surface area contributed by atoms with Gasteiger partial charge >= 0.3 is 0 Å². The largest absolute Gasteiger partial charge is 0.356 e. The first-order chi connectivity index (χ1) is 7.00. The van der Waals surface area contributed by atoms with Gasteiger partial charge in [0.1, 0.15) is 0 Å². The zero-order valence-corrected chi connectivity index (χ0v) is 9.32. The molecule has 0 aliphatic carbocycles. The average Bonchev–Trinajstić information content (AvgIpc) is 2.61. The average molecular weight is 213 g/mol. The molecule has 1 aliphatic heterocycles. The maximum Gasteiger partial charge on any atom is 0.239 e. The van der Waals surface area contributed by atoms with E-state index in [1.165, 1.54) is 6.92 Å². The number of nitrogens with one attached hydrogen (secondary N) is 1. The van der Waals surface area contributed by atoms with Crippen molar-refractivity contribution in [2.45, 2.75) is 26.3 Å². The third kappa shape index (κ3) is 3.51. The third-order valence-electron chi connectivity index (χ3n) is 2.63. The van der Waals surface area contributed by atoms with Gasteiger partial charge in [-0.25, -0.2) is 0 Å². The van der Waals surface area contributed by atoms with Crippen LogP contribution in [-0.4, -0.2) is 42.4 Å². The number of nitrogens with two attached hydrogens (primary N) is 1. The van der Waals surface area contributed by atoms with Crippen molar-refractivity contribution in [1.82, 2.24) is 10.2 Å². The van der Waals surface area contributed by atoms with E-state index in [-0.39, 0.29) is 11.8 Å². The van der Waals surface area contributed by atoms with Gasteiger partial charge in [0.2, 0.25) is 11.8 Å². The van der Waals surface area contributed by atoms with Crippen molar-refractivity contribution in [3.8, 4) is 0 Å². The van der Waals surface area contributed by atoms with E-state index in [1.54, 1.807) is 11.8 Å². The van der Waals surface area contributed by atoms with Crippen molar-refractivity contribution in [2.75, 3.05) is 19.6 Å². The highest BCUT2D eigenvalue weighted by molar-refractivity contribution is 5.81. The molecule has 0 bridgehead atoms. The van der Waals surface area contributed by atoms with Crippen LogP contribution >= 0.6 is 0 Å². The number of hydrogen-bond acceptors (Lipinski definition) is 3. The van der Waals surface area contributed by atoms with E-state index in [0.29, 0.717) is 19.0 Å². The second kappa shape index (κ2) is 5.11. The number of likely N-dealkylation sites (tertiary alicyclic amines) is 1. The van der Waals surface area contributed by atoms with Gasteiger partial charge in [-0.1, -0.05) is 0 Å². The summed E-state index contributed by atoms with van der Waals surface area (Å²) in [6, 6.07) is -0.426. The summed E-state index contributed by atoms with van der Waals surface area (Å²) in [6.45, 7) is 5.31. The number of hydrogen-bond donors (Lipinski definition) is 2. The number of carbonyl (C=O) groups excluding carboxylic acids is 2. The zero-order valence-electron chi connectivity index (χ0n) is 9.32. The molecule has 0 spiro atoms. The molecule has 0 aromatic carbocycles. The fourth-order valence-corrected chi connectivity index (χ4v) is 1.78. The summed E-state index contributed by atoms with van der Waals surface area (Å²) in [5.74, 6) is 0.351. The molecule has 15 heavy (non-hydrogen) atoms. The topological polar surface area (TPSA) is 75.4 Å². The summed E-state index contributed by atoms with van der Waals surface area (Å²) in [4.78, 5) is 24.0. The number of rotatable bonds is 3. The summed E-state index contributed by atoms with van der Waals surface area (Å²) >= 11 is 0. The molecule has 0 aromatic rings. The van der Waals surface area contributed by atoms with E-state index in [9.17, 15) is 9.59 Å². The van der Waals surface area contributed by atoms with Gasteiger partial charge in [-0.3, -0.25) is 9.59 Å². The Balaban J connectivity index is 2.32. The van der Waals surface area contributed by atoms with Crippen LogP contribution in [0.2, 0.25) is 0 Å². The number of carbonyl (C=O) groups is 2. The van der Waals surface area contributed by atoms with Crippen molar-refractivity contribution in [3.63, 3.8) is 0 Å². The van der Waals surface area contributed by atoms with Crippen LogP contribution in [0.5, 0.6) is 0 Å². The molecule has 2 amide bonds. The predicted octanol–water partition coefficient (Wildman–Crippen LogP) is -0.682. The second-order valence-electron chi connectivity index (χ2n) is 4.16. The van der Waals surface area contributed by atoms with Gasteiger partial charge in [-0.05, 0) is 19.3 Å². The Morgan fingerprint density at radius 1 is 1.60 bits per heavy atom. The Kier molecular flexibility index (Phi) is 4.08. The molecule has 5 heteroatoms. The fraction of sp³-hybridized carbons (Fsp3) is 0.800. The molecule has 0 aromatic heterocycles. The minimum Gasteiger partial charge on any atom is -0.356 e. The molecular weight excluding hydrogens is 194 g/mol. The standard InChI is InChI=1S/C10H19N3O2/c1-7(11)10(15)13-4-3-9(6-13)5-12-8(2)14/h7,9H,3-6,11H2,1-2H3,(H,12,14). The van der Waals surface area contributed by atoms with E-state index in [2.05, 4.69) is 5.32 Å². The summed E-state index contributed by atoms with van der Waals surface area (Å²) in [7, 11) is 0. The lowest BCUT2D eigenvalue weighted by molar-refractivity contribution is -0.131. The molecule has 0 radical (unpaired) electrons. The zero-order chi connectivity index (χ0) is 11.4. The van der Waals surface area contributed by atoms with Gasteiger partial charge in [-0.2, -0.15) is 0 Å². The van der Waals surface area contributed by atoms with Gasteiger partial charge in [0, 0.05) is 26.6 Å². The van der Waals surface area contributed by atoms with Gasteiger partial charge in [0.15, 0.2) is 0 Å². The molecule has 2 unspecified atom stereocenters. The van der Waals surface area contributed by atoms with Crippen LogP contribution in [0.25, 0.3) is 0 Å². The second-order valence-corrected chi connectivity index (χ2v) is 4.16. The normalized spacial score (nSPS) is 22.6. The lowest BCUT2D eigenvalue weighted by Gasteiger charge is -2.18. The van der Waals surface area contributed by atoms with Crippen molar-refractivity contribution >= 4 is 11.8 Å². The molecule has 1 saturated heterocycles. The summed E-state index contributed by atoms with van der Waals surface area (Å²) < 4.78 is 0. The van der Waals surface area contributed by atoms with E-state index < -0.39 is 6.04 Å². The maximum atomic E-state index is 11.5. The monoisotopic (exact) mass is 213 g/mol. The molecule has 5 nitrogen and oxygen atoms in total. The van der Waals surface area contributed by atoms with Crippen molar-refractivity contribution < 1.29 is 9.59 Å². The molecule has 1 heterocycles. The Bertz CT molecular complexity index is 253.